The second-order valence-corrected chi connectivity index (χ2v) is 10.3. The SMILES string of the molecule is C=CCNc1ncnc2sc(C(=O)N3C[C@@]4(C)C[C@@H]3CC(C)(C)C4)c(C)c12. The summed E-state index contributed by atoms with van der Waals surface area (Å²) < 4.78 is 0. The van der Waals surface area contributed by atoms with Crippen molar-refractivity contribution in [1.82, 2.24) is 14.9 Å². The maximum atomic E-state index is 13.5. The molecule has 0 aromatic carbocycles. The van der Waals surface area contributed by atoms with Crippen molar-refractivity contribution in [2.45, 2.75) is 53.0 Å². The van der Waals surface area contributed by atoms with Crippen molar-refractivity contribution in [1.29, 1.82) is 0 Å². The fraction of sp³-hybridized carbons (Fsp3) is 0.571. The van der Waals surface area contributed by atoms with Crippen LogP contribution in [0.4, 0.5) is 5.82 Å². The number of nitrogens with zero attached hydrogens (tertiary/aromatic N) is 3. The third-order valence-electron chi connectivity index (χ3n) is 6.01. The topological polar surface area (TPSA) is 58.1 Å². The van der Waals surface area contributed by atoms with Gasteiger partial charge in [0.05, 0.1) is 10.3 Å². The van der Waals surface area contributed by atoms with E-state index in [-0.39, 0.29) is 11.3 Å². The monoisotopic (exact) mass is 384 g/mol. The van der Waals surface area contributed by atoms with E-state index in [9.17, 15) is 4.79 Å². The fourth-order valence-electron chi connectivity index (χ4n) is 5.41. The van der Waals surface area contributed by atoms with Crippen LogP contribution in [0.15, 0.2) is 19.0 Å². The van der Waals surface area contributed by atoms with Gasteiger partial charge in [-0.15, -0.1) is 17.9 Å². The second kappa shape index (κ2) is 6.30. The van der Waals surface area contributed by atoms with Crippen molar-refractivity contribution in [3.8, 4) is 0 Å². The highest BCUT2D eigenvalue weighted by Crippen LogP contribution is 2.53. The van der Waals surface area contributed by atoms with Crippen LogP contribution in [0.2, 0.25) is 0 Å². The summed E-state index contributed by atoms with van der Waals surface area (Å²) in [6.45, 7) is 14.3. The predicted octanol–water partition coefficient (Wildman–Crippen LogP) is 4.64. The van der Waals surface area contributed by atoms with Gasteiger partial charge < -0.3 is 10.2 Å². The molecule has 1 aliphatic carbocycles. The number of carbonyl (C=O) groups excluding carboxylic acids is 1. The molecule has 2 aromatic heterocycles. The highest BCUT2D eigenvalue weighted by Gasteiger charge is 2.51. The normalized spacial score (nSPS) is 26.4. The Morgan fingerprint density at radius 2 is 2.19 bits per heavy atom. The number of nitrogens with one attached hydrogen (secondary N) is 1. The average molecular weight is 385 g/mol. The van der Waals surface area contributed by atoms with E-state index in [1.54, 1.807) is 12.4 Å². The zero-order valence-electron chi connectivity index (χ0n) is 16.6. The Balaban J connectivity index is 1.70. The molecule has 1 N–H and O–H groups in total. The van der Waals surface area contributed by atoms with E-state index >= 15 is 0 Å². The lowest BCUT2D eigenvalue weighted by Gasteiger charge is -2.39. The van der Waals surface area contributed by atoms with Crippen LogP contribution in [0.1, 0.15) is 55.3 Å². The minimum atomic E-state index is 0.164. The largest absolute Gasteiger partial charge is 0.366 e. The van der Waals surface area contributed by atoms with Crippen LogP contribution in [0.25, 0.3) is 10.2 Å². The summed E-state index contributed by atoms with van der Waals surface area (Å²) in [5, 5.41) is 4.23. The molecule has 5 nitrogen and oxygen atoms in total. The molecular weight excluding hydrogens is 356 g/mol. The minimum Gasteiger partial charge on any atom is -0.366 e. The number of rotatable bonds is 4. The molecule has 2 atom stereocenters. The molecule has 1 aliphatic heterocycles. The van der Waals surface area contributed by atoms with Gasteiger partial charge in [-0.3, -0.25) is 4.79 Å². The first-order valence-corrected chi connectivity index (χ1v) is 10.4. The van der Waals surface area contributed by atoms with Crippen LogP contribution < -0.4 is 5.32 Å². The molecule has 3 heterocycles. The molecule has 1 saturated carbocycles. The van der Waals surface area contributed by atoms with Gasteiger partial charge in [-0.25, -0.2) is 9.97 Å². The molecule has 4 rings (SSSR count). The third kappa shape index (κ3) is 3.14. The third-order valence-corrected chi connectivity index (χ3v) is 7.20. The molecule has 0 spiro atoms. The first-order chi connectivity index (χ1) is 12.7. The molecule has 2 aromatic rings. The molecule has 1 saturated heterocycles. The standard InChI is InChI=1S/C21H28N4OS/c1-6-7-22-17-15-13(2)16(27-18(15)24-12-23-17)19(26)25-11-21(5)9-14(25)8-20(3,4)10-21/h6,12,14H,1,7-11H2,2-5H3,(H,22,23,24)/t14-,21-/m0/s1. The molecule has 2 bridgehead atoms. The number of hydrogen-bond donors (Lipinski definition) is 1. The van der Waals surface area contributed by atoms with Gasteiger partial charge in [0.2, 0.25) is 0 Å². The van der Waals surface area contributed by atoms with E-state index < -0.39 is 0 Å². The number of anilines is 1. The lowest BCUT2D eigenvalue weighted by molar-refractivity contribution is 0.0712. The molecule has 0 unspecified atom stereocenters. The number of likely N-dealkylation sites (tertiary alicyclic amines) is 1. The van der Waals surface area contributed by atoms with Crippen molar-refractivity contribution in [2.24, 2.45) is 10.8 Å². The van der Waals surface area contributed by atoms with E-state index in [2.05, 4.69) is 47.5 Å². The molecule has 6 heteroatoms. The molecule has 2 aliphatic rings. The van der Waals surface area contributed by atoms with E-state index in [0.717, 1.165) is 45.9 Å². The molecular formula is C21H28N4OS. The maximum Gasteiger partial charge on any atom is 0.264 e. The Bertz CT molecular complexity index is 918. The average Bonchev–Trinajstić information content (AvgIpc) is 3.05. The van der Waals surface area contributed by atoms with Gasteiger partial charge in [-0.1, -0.05) is 26.8 Å². The molecule has 2 fully saturated rings. The summed E-state index contributed by atoms with van der Waals surface area (Å²) in [4.78, 5) is 26.1. The minimum absolute atomic E-state index is 0.164. The van der Waals surface area contributed by atoms with Gasteiger partial charge >= 0.3 is 0 Å². The lowest BCUT2D eigenvalue weighted by atomic mass is 9.65. The van der Waals surface area contributed by atoms with Gasteiger partial charge in [-0.05, 0) is 42.6 Å². The van der Waals surface area contributed by atoms with E-state index in [4.69, 9.17) is 0 Å². The number of aromatic nitrogens is 2. The zero-order chi connectivity index (χ0) is 19.4. The van der Waals surface area contributed by atoms with Crippen LogP contribution in [0, 0.1) is 17.8 Å². The zero-order valence-corrected chi connectivity index (χ0v) is 17.4. The molecule has 0 radical (unpaired) electrons. The molecule has 1 amide bonds. The van der Waals surface area contributed by atoms with Crippen LogP contribution in [-0.4, -0.2) is 39.9 Å². The highest BCUT2D eigenvalue weighted by atomic mass is 32.1. The number of thiophene rings is 1. The van der Waals surface area contributed by atoms with Gasteiger partial charge in [-0.2, -0.15) is 0 Å². The van der Waals surface area contributed by atoms with Crippen LogP contribution in [0.3, 0.4) is 0 Å². The number of carbonyl (C=O) groups is 1. The summed E-state index contributed by atoms with van der Waals surface area (Å²) in [7, 11) is 0. The van der Waals surface area contributed by atoms with E-state index in [1.807, 2.05) is 6.92 Å². The van der Waals surface area contributed by atoms with E-state index in [1.165, 1.54) is 17.8 Å². The molecule has 144 valence electrons. The summed E-state index contributed by atoms with van der Waals surface area (Å²) in [6.07, 6.45) is 6.76. The Morgan fingerprint density at radius 3 is 2.93 bits per heavy atom. The summed E-state index contributed by atoms with van der Waals surface area (Å²) in [5.41, 5.74) is 1.52. The summed E-state index contributed by atoms with van der Waals surface area (Å²) in [5.74, 6) is 0.942. The van der Waals surface area contributed by atoms with Crippen molar-refractivity contribution in [3.05, 3.63) is 29.4 Å². The van der Waals surface area contributed by atoms with Crippen molar-refractivity contribution in [2.75, 3.05) is 18.4 Å². The van der Waals surface area contributed by atoms with Gasteiger partial charge in [0.15, 0.2) is 0 Å². The molecule has 27 heavy (non-hydrogen) atoms. The number of aryl methyl sites for hydroxylation is 1. The van der Waals surface area contributed by atoms with Crippen LogP contribution in [0.5, 0.6) is 0 Å². The van der Waals surface area contributed by atoms with E-state index in [0.29, 0.717) is 18.0 Å². The van der Waals surface area contributed by atoms with Gasteiger partial charge in [0.1, 0.15) is 17.0 Å². The lowest BCUT2D eigenvalue weighted by Crippen LogP contribution is -2.37. The Hall–Kier alpha value is -1.95. The Kier molecular flexibility index (Phi) is 4.29. The quantitative estimate of drug-likeness (QED) is 0.780. The van der Waals surface area contributed by atoms with Crippen molar-refractivity contribution >= 4 is 33.3 Å². The second-order valence-electron chi connectivity index (χ2n) is 9.27. The first kappa shape index (κ1) is 18.4. The van der Waals surface area contributed by atoms with Crippen molar-refractivity contribution < 1.29 is 4.79 Å². The summed E-state index contributed by atoms with van der Waals surface area (Å²) >= 11 is 1.49. The number of amides is 1. The van der Waals surface area contributed by atoms with Gasteiger partial charge in [0.25, 0.3) is 5.91 Å². The first-order valence-electron chi connectivity index (χ1n) is 9.63. The predicted molar refractivity (Wildman–Crippen MR) is 111 cm³/mol. The Labute approximate surface area is 164 Å². The fourth-order valence-corrected chi connectivity index (χ4v) is 6.51. The summed E-state index contributed by atoms with van der Waals surface area (Å²) in [6, 6.07) is 0.348. The van der Waals surface area contributed by atoms with Crippen LogP contribution >= 0.6 is 11.3 Å². The maximum absolute atomic E-state index is 13.5. The van der Waals surface area contributed by atoms with Crippen LogP contribution in [-0.2, 0) is 0 Å². The Morgan fingerprint density at radius 1 is 1.41 bits per heavy atom. The highest BCUT2D eigenvalue weighted by molar-refractivity contribution is 7.20. The number of hydrogen-bond acceptors (Lipinski definition) is 5. The van der Waals surface area contributed by atoms with Gasteiger partial charge in [0, 0.05) is 19.1 Å². The smallest absolute Gasteiger partial charge is 0.264 e. The van der Waals surface area contributed by atoms with Crippen molar-refractivity contribution in [3.63, 3.8) is 0 Å². The number of fused-ring (bicyclic) bond motifs is 3.